The lowest BCUT2D eigenvalue weighted by molar-refractivity contribution is -0.384. The van der Waals surface area contributed by atoms with Crippen LogP contribution in [0, 0.1) is 10.1 Å². The summed E-state index contributed by atoms with van der Waals surface area (Å²) in [6.45, 7) is 6.16. The molecule has 2 amide bonds. The highest BCUT2D eigenvalue weighted by atomic mass is 35.5. The molecule has 0 unspecified atom stereocenters. The molecule has 0 aromatic heterocycles. The molecule has 0 radical (unpaired) electrons. The third-order valence-corrected chi connectivity index (χ3v) is 4.80. The molecule has 10 heteroatoms. The second-order valence-electron chi connectivity index (χ2n) is 6.73. The maximum absolute atomic E-state index is 12.2. The average molecular weight is 412 g/mol. The van der Waals surface area contributed by atoms with Gasteiger partial charge >= 0.3 is 0 Å². The van der Waals surface area contributed by atoms with Crippen molar-refractivity contribution in [1.29, 1.82) is 0 Å². The number of amides is 2. The molecule has 2 N–H and O–H groups in total. The summed E-state index contributed by atoms with van der Waals surface area (Å²) in [5, 5.41) is 16.4. The van der Waals surface area contributed by atoms with Gasteiger partial charge < -0.3 is 10.6 Å². The van der Waals surface area contributed by atoms with E-state index in [1.54, 1.807) is 0 Å². The molecule has 1 heterocycles. The largest absolute Gasteiger partial charge is 0.355 e. The fraction of sp³-hybridized carbons (Fsp3) is 0.556. The second-order valence-corrected chi connectivity index (χ2v) is 7.13. The van der Waals surface area contributed by atoms with Crippen LogP contribution >= 0.6 is 11.6 Å². The zero-order valence-corrected chi connectivity index (χ0v) is 16.7. The number of nitro groups is 1. The molecule has 0 bridgehead atoms. The Morgan fingerprint density at radius 2 is 1.75 bits per heavy atom. The SMILES string of the molecule is CCCCNC(=O)CN1CCN(CC(=O)Nc2ccc([N+](=O)[O-])cc2Cl)CC1. The van der Waals surface area contributed by atoms with Crippen LogP contribution in [0.1, 0.15) is 19.8 Å². The quantitative estimate of drug-likeness (QED) is 0.364. The van der Waals surface area contributed by atoms with Crippen LogP contribution in [0.5, 0.6) is 0 Å². The van der Waals surface area contributed by atoms with Crippen LogP contribution in [-0.2, 0) is 9.59 Å². The van der Waals surface area contributed by atoms with Gasteiger partial charge in [0.15, 0.2) is 0 Å². The number of benzene rings is 1. The number of anilines is 1. The van der Waals surface area contributed by atoms with E-state index in [9.17, 15) is 19.7 Å². The van der Waals surface area contributed by atoms with Gasteiger partial charge in [0, 0.05) is 44.9 Å². The Balaban J connectivity index is 1.73. The summed E-state index contributed by atoms with van der Waals surface area (Å²) in [6, 6.07) is 3.93. The number of nitro benzene ring substituents is 1. The normalized spacial score (nSPS) is 15.2. The van der Waals surface area contributed by atoms with E-state index in [2.05, 4.69) is 22.5 Å². The van der Waals surface area contributed by atoms with Crippen LogP contribution < -0.4 is 10.6 Å². The first-order valence-electron chi connectivity index (χ1n) is 9.34. The van der Waals surface area contributed by atoms with Crippen molar-refractivity contribution in [2.45, 2.75) is 19.8 Å². The van der Waals surface area contributed by atoms with Gasteiger partial charge in [-0.3, -0.25) is 29.5 Å². The molecule has 9 nitrogen and oxygen atoms in total. The van der Waals surface area contributed by atoms with E-state index < -0.39 is 4.92 Å². The Morgan fingerprint density at radius 1 is 1.14 bits per heavy atom. The third-order valence-electron chi connectivity index (χ3n) is 4.49. The van der Waals surface area contributed by atoms with Crippen molar-refractivity contribution in [3.05, 3.63) is 33.3 Å². The summed E-state index contributed by atoms with van der Waals surface area (Å²) in [5.74, 6) is -0.200. The van der Waals surface area contributed by atoms with Crippen molar-refractivity contribution in [2.24, 2.45) is 0 Å². The predicted octanol–water partition coefficient (Wildman–Crippen LogP) is 1.72. The molecule has 1 aliphatic heterocycles. The fourth-order valence-electron chi connectivity index (χ4n) is 2.88. The van der Waals surface area contributed by atoms with Crippen molar-refractivity contribution in [3.8, 4) is 0 Å². The Kier molecular flexibility index (Phi) is 8.62. The molecule has 1 aromatic carbocycles. The molecule has 1 aliphatic rings. The van der Waals surface area contributed by atoms with Crippen LogP contribution in [0.4, 0.5) is 11.4 Å². The first-order valence-corrected chi connectivity index (χ1v) is 9.72. The summed E-state index contributed by atoms with van der Waals surface area (Å²) >= 11 is 6.00. The van der Waals surface area contributed by atoms with E-state index in [1.165, 1.54) is 18.2 Å². The van der Waals surface area contributed by atoms with Gasteiger partial charge in [-0.1, -0.05) is 24.9 Å². The van der Waals surface area contributed by atoms with E-state index in [0.717, 1.165) is 12.8 Å². The first kappa shape index (κ1) is 22.1. The minimum atomic E-state index is -0.541. The average Bonchev–Trinajstić information content (AvgIpc) is 2.65. The van der Waals surface area contributed by atoms with Gasteiger partial charge in [0.25, 0.3) is 5.69 Å². The van der Waals surface area contributed by atoms with E-state index in [-0.39, 0.29) is 29.1 Å². The van der Waals surface area contributed by atoms with Gasteiger partial charge in [-0.05, 0) is 12.5 Å². The molecule has 0 spiro atoms. The summed E-state index contributed by atoms with van der Waals surface area (Å²) < 4.78 is 0. The number of nitrogens with one attached hydrogen (secondary N) is 2. The highest BCUT2D eigenvalue weighted by molar-refractivity contribution is 6.34. The Morgan fingerprint density at radius 3 is 2.29 bits per heavy atom. The van der Waals surface area contributed by atoms with Gasteiger partial charge in [0.2, 0.25) is 11.8 Å². The van der Waals surface area contributed by atoms with Gasteiger partial charge in [-0.25, -0.2) is 0 Å². The number of hydrogen-bond acceptors (Lipinski definition) is 6. The van der Waals surface area contributed by atoms with Crippen molar-refractivity contribution < 1.29 is 14.5 Å². The molecular weight excluding hydrogens is 386 g/mol. The Labute approximate surface area is 169 Å². The van der Waals surface area contributed by atoms with Gasteiger partial charge in [0.1, 0.15) is 0 Å². The summed E-state index contributed by atoms with van der Waals surface area (Å²) in [6.07, 6.45) is 2.03. The Hall–Kier alpha value is -2.23. The second kappa shape index (κ2) is 10.9. The number of carbonyl (C=O) groups is 2. The molecule has 1 fully saturated rings. The van der Waals surface area contributed by atoms with E-state index >= 15 is 0 Å². The topological polar surface area (TPSA) is 108 Å². The van der Waals surface area contributed by atoms with Crippen LogP contribution in [0.25, 0.3) is 0 Å². The van der Waals surface area contributed by atoms with E-state index in [4.69, 9.17) is 11.6 Å². The molecule has 1 aromatic rings. The molecule has 2 rings (SSSR count). The van der Waals surface area contributed by atoms with Gasteiger partial charge in [0.05, 0.1) is 28.7 Å². The summed E-state index contributed by atoms with van der Waals surface area (Å²) in [5.41, 5.74) is 0.220. The lowest BCUT2D eigenvalue weighted by Crippen LogP contribution is -2.51. The summed E-state index contributed by atoms with van der Waals surface area (Å²) in [4.78, 5) is 38.4. The standard InChI is InChI=1S/C18H26ClN5O4/c1-2-3-6-20-17(25)12-22-7-9-23(10-8-22)13-18(26)21-16-5-4-14(24(27)28)11-15(16)19/h4-5,11H,2-3,6-10,12-13H2,1H3,(H,20,25)(H,21,26). The number of nitrogens with zero attached hydrogens (tertiary/aromatic N) is 3. The Bertz CT molecular complexity index is 707. The highest BCUT2D eigenvalue weighted by Crippen LogP contribution is 2.26. The number of hydrogen-bond donors (Lipinski definition) is 2. The molecular formula is C18H26ClN5O4. The number of unbranched alkanes of at least 4 members (excludes halogenated alkanes) is 1. The van der Waals surface area contributed by atoms with E-state index in [1.807, 2.05) is 4.90 Å². The summed E-state index contributed by atoms with van der Waals surface area (Å²) in [7, 11) is 0. The minimum Gasteiger partial charge on any atom is -0.355 e. The van der Waals surface area contributed by atoms with Crippen LogP contribution in [0.3, 0.4) is 0 Å². The molecule has 154 valence electrons. The predicted molar refractivity (Wildman–Crippen MR) is 108 cm³/mol. The number of non-ortho nitro benzene ring substituents is 1. The lowest BCUT2D eigenvalue weighted by Gasteiger charge is -2.33. The zero-order chi connectivity index (χ0) is 20.5. The fourth-order valence-corrected chi connectivity index (χ4v) is 3.10. The number of rotatable bonds is 9. The first-order chi connectivity index (χ1) is 13.4. The van der Waals surface area contributed by atoms with Crippen LogP contribution in [0.15, 0.2) is 18.2 Å². The maximum Gasteiger partial charge on any atom is 0.271 e. The maximum atomic E-state index is 12.2. The molecule has 0 atom stereocenters. The molecule has 1 saturated heterocycles. The van der Waals surface area contributed by atoms with E-state index in [0.29, 0.717) is 45.0 Å². The van der Waals surface area contributed by atoms with Gasteiger partial charge in [-0.15, -0.1) is 0 Å². The number of carbonyl (C=O) groups excluding carboxylic acids is 2. The molecule has 28 heavy (non-hydrogen) atoms. The van der Waals surface area contributed by atoms with Crippen molar-refractivity contribution >= 4 is 34.8 Å². The minimum absolute atomic E-state index is 0.0347. The highest BCUT2D eigenvalue weighted by Gasteiger charge is 2.21. The van der Waals surface area contributed by atoms with Crippen molar-refractivity contribution in [3.63, 3.8) is 0 Å². The number of piperazine rings is 1. The zero-order valence-electron chi connectivity index (χ0n) is 15.9. The van der Waals surface area contributed by atoms with Crippen molar-refractivity contribution in [2.75, 3.05) is 51.1 Å². The third kappa shape index (κ3) is 7.06. The lowest BCUT2D eigenvalue weighted by atomic mass is 10.2. The number of halogens is 1. The van der Waals surface area contributed by atoms with Crippen LogP contribution in [-0.4, -0.2) is 72.4 Å². The molecule has 0 aliphatic carbocycles. The van der Waals surface area contributed by atoms with Crippen LogP contribution in [0.2, 0.25) is 5.02 Å². The molecule has 0 saturated carbocycles. The van der Waals surface area contributed by atoms with Crippen molar-refractivity contribution in [1.82, 2.24) is 15.1 Å². The monoisotopic (exact) mass is 411 g/mol. The van der Waals surface area contributed by atoms with Gasteiger partial charge in [-0.2, -0.15) is 0 Å². The smallest absolute Gasteiger partial charge is 0.271 e.